The molecule has 2 heterocycles. The zero-order chi connectivity index (χ0) is 5.56. The molecule has 3 aliphatic rings. The lowest BCUT2D eigenvalue weighted by Gasteiger charge is -2.44. The minimum absolute atomic E-state index is 0.562. The van der Waals surface area contributed by atoms with E-state index in [1.807, 2.05) is 0 Å². The van der Waals surface area contributed by atoms with E-state index < -0.39 is 0 Å². The quantitative estimate of drug-likeness (QED) is 0.462. The number of hydrogen-bond acceptors (Lipinski definition) is 1. The summed E-state index contributed by atoms with van der Waals surface area (Å²) in [7, 11) is 0. The van der Waals surface area contributed by atoms with Gasteiger partial charge in [-0.15, -0.1) is 0 Å². The first-order chi connectivity index (χ1) is 3.84. The molecule has 2 aliphatic heterocycles. The minimum atomic E-state index is 0.562. The first kappa shape index (κ1) is 4.80. The fourth-order valence-corrected chi connectivity index (χ4v) is 1.83. The Morgan fingerprint density at radius 3 is 2.25 bits per heavy atom. The molecular formula is C7H12O. The summed E-state index contributed by atoms with van der Waals surface area (Å²) in [5.74, 6) is 1.03. The normalized spacial score (nSPS) is 52.9. The Hall–Kier alpha value is -0.0400. The molecule has 46 valence electrons. The summed E-state index contributed by atoms with van der Waals surface area (Å²) < 4.78 is 5.55. The van der Waals surface area contributed by atoms with Crippen molar-refractivity contribution in [1.29, 1.82) is 0 Å². The first-order valence-corrected chi connectivity index (χ1v) is 3.50. The number of hydrogen-bond donors (Lipinski definition) is 0. The Bertz CT molecular complexity index is 84.6. The summed E-state index contributed by atoms with van der Waals surface area (Å²) in [6, 6.07) is 0. The van der Waals surface area contributed by atoms with Gasteiger partial charge in [-0.1, -0.05) is 0 Å². The summed E-state index contributed by atoms with van der Waals surface area (Å²) in [6.07, 6.45) is 5.24. The molecule has 1 atom stereocenters. The van der Waals surface area contributed by atoms with E-state index in [2.05, 4.69) is 6.92 Å². The van der Waals surface area contributed by atoms with Crippen molar-refractivity contribution in [2.45, 2.75) is 38.4 Å². The van der Waals surface area contributed by atoms with Crippen LogP contribution in [0, 0.1) is 5.92 Å². The van der Waals surface area contributed by atoms with Crippen LogP contribution in [-0.2, 0) is 4.74 Å². The Kier molecular flexibility index (Phi) is 0.884. The van der Waals surface area contributed by atoms with Crippen molar-refractivity contribution in [2.24, 2.45) is 5.92 Å². The van der Waals surface area contributed by atoms with Gasteiger partial charge >= 0.3 is 0 Å². The fourth-order valence-electron chi connectivity index (χ4n) is 1.83. The highest BCUT2D eigenvalue weighted by atomic mass is 16.5. The van der Waals surface area contributed by atoms with E-state index in [1.165, 1.54) is 19.3 Å². The Labute approximate surface area is 50.0 Å². The van der Waals surface area contributed by atoms with Crippen LogP contribution < -0.4 is 0 Å². The Morgan fingerprint density at radius 2 is 2.00 bits per heavy atom. The maximum atomic E-state index is 5.55. The second-order valence-corrected chi connectivity index (χ2v) is 3.14. The third kappa shape index (κ3) is 0.576. The van der Waals surface area contributed by atoms with Crippen molar-refractivity contribution >= 4 is 0 Å². The van der Waals surface area contributed by atoms with Crippen LogP contribution in [0.3, 0.4) is 0 Å². The van der Waals surface area contributed by atoms with E-state index in [-0.39, 0.29) is 0 Å². The van der Waals surface area contributed by atoms with Crippen molar-refractivity contribution in [3.63, 3.8) is 0 Å². The fraction of sp³-hybridized carbons (Fsp3) is 1.00. The number of fused-ring (bicyclic) bond motifs is 2. The zero-order valence-electron chi connectivity index (χ0n) is 5.26. The van der Waals surface area contributed by atoms with Gasteiger partial charge in [0.05, 0.1) is 12.2 Å². The summed E-state index contributed by atoms with van der Waals surface area (Å²) in [5, 5.41) is 0. The largest absolute Gasteiger partial charge is 0.375 e. The van der Waals surface area contributed by atoms with Gasteiger partial charge in [-0.2, -0.15) is 0 Å². The van der Waals surface area contributed by atoms with Crippen LogP contribution in [0.2, 0.25) is 0 Å². The van der Waals surface area contributed by atoms with Gasteiger partial charge in [0.1, 0.15) is 0 Å². The molecule has 0 spiro atoms. The monoisotopic (exact) mass is 112 g/mol. The van der Waals surface area contributed by atoms with Gasteiger partial charge in [-0.25, -0.2) is 0 Å². The highest BCUT2D eigenvalue weighted by molar-refractivity contribution is 4.86. The topological polar surface area (TPSA) is 9.23 Å². The molecule has 2 saturated heterocycles. The molecule has 0 amide bonds. The predicted octanol–water partition coefficient (Wildman–Crippen LogP) is 1.57. The molecule has 1 aliphatic carbocycles. The van der Waals surface area contributed by atoms with Crippen molar-refractivity contribution in [3.05, 3.63) is 0 Å². The molecule has 0 aromatic rings. The molecule has 3 rings (SSSR count). The summed E-state index contributed by atoms with van der Waals surface area (Å²) >= 11 is 0. The van der Waals surface area contributed by atoms with E-state index in [0.717, 1.165) is 5.92 Å². The van der Waals surface area contributed by atoms with Gasteiger partial charge in [0.25, 0.3) is 0 Å². The van der Waals surface area contributed by atoms with E-state index in [4.69, 9.17) is 4.74 Å². The molecule has 1 unspecified atom stereocenters. The van der Waals surface area contributed by atoms with Crippen LogP contribution in [0.1, 0.15) is 26.2 Å². The molecule has 2 bridgehead atoms. The molecule has 8 heavy (non-hydrogen) atoms. The molecule has 3 fully saturated rings. The highest BCUT2D eigenvalue weighted by Crippen LogP contribution is 2.40. The maximum absolute atomic E-state index is 5.55. The summed E-state index contributed by atoms with van der Waals surface area (Å²) in [4.78, 5) is 0. The third-order valence-corrected chi connectivity index (χ3v) is 2.28. The molecule has 0 aromatic carbocycles. The zero-order valence-corrected chi connectivity index (χ0v) is 5.26. The standard InChI is InChI=1S/C7H12O/c1-5-2-6-3-7(4-6)8-5/h5-7H,2-4H2,1H3. The SMILES string of the molecule is CC1CC2CC(C2)O1. The van der Waals surface area contributed by atoms with Gasteiger partial charge < -0.3 is 4.74 Å². The smallest absolute Gasteiger partial charge is 0.0584 e. The average Bonchev–Trinajstić information content (AvgIpc) is 1.62. The third-order valence-electron chi connectivity index (χ3n) is 2.28. The van der Waals surface area contributed by atoms with Gasteiger partial charge in [-0.05, 0) is 32.1 Å². The lowest BCUT2D eigenvalue weighted by molar-refractivity contribution is -0.132. The van der Waals surface area contributed by atoms with Gasteiger partial charge in [0, 0.05) is 0 Å². The molecule has 0 N–H and O–H groups in total. The second-order valence-electron chi connectivity index (χ2n) is 3.14. The van der Waals surface area contributed by atoms with E-state index in [1.54, 1.807) is 0 Å². The maximum Gasteiger partial charge on any atom is 0.0584 e. The number of ether oxygens (including phenoxy) is 1. The molecule has 1 nitrogen and oxygen atoms in total. The predicted molar refractivity (Wildman–Crippen MR) is 31.7 cm³/mol. The van der Waals surface area contributed by atoms with Gasteiger partial charge in [-0.3, -0.25) is 0 Å². The van der Waals surface area contributed by atoms with Crippen LogP contribution in [0.15, 0.2) is 0 Å². The molecule has 0 aromatic heterocycles. The van der Waals surface area contributed by atoms with Gasteiger partial charge in [0.15, 0.2) is 0 Å². The molecular weight excluding hydrogens is 100 g/mol. The van der Waals surface area contributed by atoms with Crippen LogP contribution in [0.5, 0.6) is 0 Å². The summed E-state index contributed by atoms with van der Waals surface area (Å²) in [6.45, 7) is 2.18. The lowest BCUT2D eigenvalue weighted by Crippen LogP contribution is -2.41. The van der Waals surface area contributed by atoms with Crippen molar-refractivity contribution in [2.75, 3.05) is 0 Å². The van der Waals surface area contributed by atoms with E-state index in [0.29, 0.717) is 12.2 Å². The van der Waals surface area contributed by atoms with Crippen molar-refractivity contribution in [1.82, 2.24) is 0 Å². The van der Waals surface area contributed by atoms with Crippen LogP contribution in [0.25, 0.3) is 0 Å². The molecule has 1 heteroatoms. The first-order valence-electron chi connectivity index (χ1n) is 3.50. The van der Waals surface area contributed by atoms with Crippen LogP contribution in [-0.4, -0.2) is 12.2 Å². The van der Waals surface area contributed by atoms with Crippen molar-refractivity contribution in [3.8, 4) is 0 Å². The minimum Gasteiger partial charge on any atom is -0.375 e. The van der Waals surface area contributed by atoms with Crippen LogP contribution in [0.4, 0.5) is 0 Å². The second kappa shape index (κ2) is 1.47. The molecule has 0 radical (unpaired) electrons. The van der Waals surface area contributed by atoms with Crippen molar-refractivity contribution < 1.29 is 4.74 Å². The lowest BCUT2D eigenvalue weighted by atomic mass is 9.76. The van der Waals surface area contributed by atoms with E-state index >= 15 is 0 Å². The number of rotatable bonds is 0. The average molecular weight is 112 g/mol. The summed E-state index contributed by atoms with van der Waals surface area (Å²) in [5.41, 5.74) is 0. The van der Waals surface area contributed by atoms with Gasteiger partial charge in [0.2, 0.25) is 0 Å². The Balaban J connectivity index is 1.97. The Morgan fingerprint density at radius 1 is 1.25 bits per heavy atom. The van der Waals surface area contributed by atoms with E-state index in [9.17, 15) is 0 Å². The highest BCUT2D eigenvalue weighted by Gasteiger charge is 2.36. The van der Waals surface area contributed by atoms with Crippen LogP contribution >= 0.6 is 0 Å². The molecule has 1 saturated carbocycles.